The topological polar surface area (TPSA) is 169 Å². The Morgan fingerprint density at radius 3 is 1.80 bits per heavy atom. The van der Waals surface area contributed by atoms with Crippen LogP contribution < -0.4 is 0 Å². The summed E-state index contributed by atoms with van der Waals surface area (Å²) in [7, 11) is 0. The third-order valence-corrected chi connectivity index (χ3v) is 16.2. The van der Waals surface area contributed by atoms with Crippen molar-refractivity contribution in [1.29, 1.82) is 0 Å². The van der Waals surface area contributed by atoms with Gasteiger partial charge in [0.05, 0.1) is 37.0 Å². The molecule has 1 aliphatic heterocycles. The standard InChI is InChI=1S/C46H78N2O8/c1-2-3-4-5-6-7-8-9-12-15-18-21-24-32(50)41(51)30(28-55-45-44(54)43(53)42(52)33(27-49)56-45)31-26-29(47-48-31)23-20-17-14-11-10-13-16-19-22-25-46-38-35-34-36(38)40(46)37(34)39(35)46/h26,30,32-45,49-54H,2-25,27-28H2,1H3,(H,47,48)/t30-,32-,33?,34?,35?,36?,37?,38?,39?,40?,41+,42?,43?,44?,45?,46?/m1/s1. The third kappa shape index (κ3) is 8.44. The van der Waals surface area contributed by atoms with Crippen molar-refractivity contribution in [2.75, 3.05) is 13.2 Å². The molecule has 5 unspecified atom stereocenters. The van der Waals surface area contributed by atoms with Gasteiger partial charge in [0.25, 0.3) is 0 Å². The first-order chi connectivity index (χ1) is 27.3. The molecular weight excluding hydrogens is 709 g/mol. The van der Waals surface area contributed by atoms with E-state index in [9.17, 15) is 30.6 Å². The van der Waals surface area contributed by atoms with Gasteiger partial charge in [0.2, 0.25) is 0 Å². The highest BCUT2D eigenvalue weighted by Gasteiger charge is 3.03. The van der Waals surface area contributed by atoms with Crippen LogP contribution in [-0.4, -0.2) is 97.0 Å². The van der Waals surface area contributed by atoms with E-state index < -0.39 is 55.4 Å². The zero-order chi connectivity index (χ0) is 39.2. The number of hydrogen-bond donors (Lipinski definition) is 7. The predicted molar refractivity (Wildman–Crippen MR) is 215 cm³/mol. The van der Waals surface area contributed by atoms with Gasteiger partial charge in [-0.3, -0.25) is 5.10 Å². The summed E-state index contributed by atoms with van der Waals surface area (Å²) in [5.74, 6) is 7.81. The Labute approximate surface area is 336 Å². The van der Waals surface area contributed by atoms with Gasteiger partial charge in [-0.15, -0.1) is 0 Å². The van der Waals surface area contributed by atoms with Crippen molar-refractivity contribution in [3.05, 3.63) is 17.5 Å². The highest BCUT2D eigenvalue weighted by Crippen LogP contribution is 3.06. The Morgan fingerprint density at radius 2 is 1.23 bits per heavy atom. The van der Waals surface area contributed by atoms with E-state index in [0.29, 0.717) is 12.1 Å². The molecule has 56 heavy (non-hydrogen) atoms. The largest absolute Gasteiger partial charge is 0.394 e. The summed E-state index contributed by atoms with van der Waals surface area (Å²) in [6.45, 7) is 1.55. The van der Waals surface area contributed by atoms with Gasteiger partial charge < -0.3 is 40.1 Å². The van der Waals surface area contributed by atoms with Crippen molar-refractivity contribution < 1.29 is 40.1 Å². The molecule has 1 aromatic rings. The minimum absolute atomic E-state index is 0.145. The van der Waals surface area contributed by atoms with E-state index in [1.54, 1.807) is 6.42 Å². The van der Waals surface area contributed by atoms with E-state index in [0.717, 1.165) is 49.6 Å². The van der Waals surface area contributed by atoms with E-state index in [1.165, 1.54) is 144 Å². The van der Waals surface area contributed by atoms with E-state index >= 15 is 0 Å². The number of aliphatic hydroxyl groups is 6. The van der Waals surface area contributed by atoms with Gasteiger partial charge in [0.1, 0.15) is 24.4 Å². The molecule has 7 fully saturated rings. The number of nitrogens with zero attached hydrogens (tertiary/aromatic N) is 1. The molecule has 0 bridgehead atoms. The number of ether oxygens (including phenoxy) is 2. The Morgan fingerprint density at radius 1 is 0.696 bits per heavy atom. The number of H-pyrrole nitrogens is 1. The Hall–Kier alpha value is -1.11. The van der Waals surface area contributed by atoms with Crippen molar-refractivity contribution in [2.24, 2.45) is 46.8 Å². The number of nitrogens with one attached hydrogen (secondary N) is 1. The fourth-order valence-corrected chi connectivity index (χ4v) is 13.2. The van der Waals surface area contributed by atoms with Crippen molar-refractivity contribution >= 4 is 0 Å². The average molecular weight is 787 g/mol. The van der Waals surface area contributed by atoms with Crippen LogP contribution in [0.2, 0.25) is 0 Å². The maximum atomic E-state index is 11.4. The lowest BCUT2D eigenvalue weighted by atomic mass is 8.96. The van der Waals surface area contributed by atoms with Crippen molar-refractivity contribution in [1.82, 2.24) is 10.2 Å². The summed E-state index contributed by atoms with van der Waals surface area (Å²) in [6, 6.07) is 1.93. The summed E-state index contributed by atoms with van der Waals surface area (Å²) in [5, 5.41) is 70.8. The van der Waals surface area contributed by atoms with Gasteiger partial charge in [-0.25, -0.2) is 0 Å². The molecule has 6 aliphatic carbocycles. The number of aromatic nitrogens is 2. The number of hydrogen-bond acceptors (Lipinski definition) is 9. The minimum atomic E-state index is -1.56. The van der Waals surface area contributed by atoms with E-state index in [-0.39, 0.29) is 6.61 Å². The maximum Gasteiger partial charge on any atom is 0.186 e. The van der Waals surface area contributed by atoms with Crippen LogP contribution in [0.25, 0.3) is 0 Å². The van der Waals surface area contributed by atoms with Crippen LogP contribution >= 0.6 is 0 Å². The normalized spacial score (nSPS) is 37.1. The lowest BCUT2D eigenvalue weighted by molar-refractivity contribution is -0.616. The van der Waals surface area contributed by atoms with Crippen LogP contribution in [0.3, 0.4) is 0 Å². The van der Waals surface area contributed by atoms with Gasteiger partial charge in [-0.2, -0.15) is 5.10 Å². The Balaban J connectivity index is 0.780. The first kappa shape index (κ1) is 43.0. The molecule has 0 radical (unpaired) electrons. The molecule has 1 aromatic heterocycles. The zero-order valence-corrected chi connectivity index (χ0v) is 34.6. The number of rotatable bonds is 32. The summed E-state index contributed by atoms with van der Waals surface area (Å²) in [4.78, 5) is 0. The highest BCUT2D eigenvalue weighted by molar-refractivity contribution is 5.49. The summed E-state index contributed by atoms with van der Waals surface area (Å²) >= 11 is 0. The fraction of sp³-hybridized carbons (Fsp3) is 0.935. The fourth-order valence-electron chi connectivity index (χ4n) is 13.2. The van der Waals surface area contributed by atoms with E-state index in [2.05, 4.69) is 17.1 Å². The maximum absolute atomic E-state index is 11.4. The average Bonchev–Trinajstić information content (AvgIpc) is 3.68. The van der Waals surface area contributed by atoms with Crippen LogP contribution in [0.15, 0.2) is 6.07 Å². The number of aryl methyl sites for hydroxylation is 1. The molecule has 8 rings (SSSR count). The lowest BCUT2D eigenvalue weighted by Gasteiger charge is -3.08. The quantitative estimate of drug-likeness (QED) is 0.0383. The third-order valence-electron chi connectivity index (χ3n) is 16.2. The SMILES string of the molecule is CCCCCCCCCCCCCC[C@@H](O)[C@@H](O)[C@H](COC1OC(CO)C(O)C(O)C1O)c1cc(CCCCCCCCCCCC23C4C5C6C4C2C6C53)[nH]n1. The monoisotopic (exact) mass is 787 g/mol. The molecule has 0 spiro atoms. The van der Waals surface area contributed by atoms with Crippen LogP contribution in [-0.2, 0) is 15.9 Å². The van der Waals surface area contributed by atoms with Gasteiger partial charge in [0.15, 0.2) is 6.29 Å². The first-order valence-electron chi connectivity index (χ1n) is 23.7. The van der Waals surface area contributed by atoms with E-state index in [1.807, 2.05) is 6.07 Å². The number of unbranched alkanes of at least 4 members (excludes halogenated alkanes) is 19. The molecule has 7 aliphatic rings. The summed E-state index contributed by atoms with van der Waals surface area (Å²) in [6.07, 6.45) is 20.1. The van der Waals surface area contributed by atoms with Crippen LogP contribution in [0, 0.1) is 46.8 Å². The molecule has 320 valence electrons. The van der Waals surface area contributed by atoms with Gasteiger partial charge in [-0.1, -0.05) is 135 Å². The number of aliphatic hydroxyl groups excluding tert-OH is 6. The second-order valence-electron chi connectivity index (χ2n) is 19.4. The molecule has 0 amide bonds. The van der Waals surface area contributed by atoms with Crippen LogP contribution in [0.1, 0.15) is 172 Å². The second-order valence-corrected chi connectivity index (χ2v) is 19.4. The predicted octanol–water partition coefficient (Wildman–Crippen LogP) is 6.93. The zero-order valence-electron chi connectivity index (χ0n) is 34.6. The highest BCUT2D eigenvalue weighted by atomic mass is 16.7. The molecular formula is C46H78N2O8. The lowest BCUT2D eigenvalue weighted by Crippen LogP contribution is -3.05. The van der Waals surface area contributed by atoms with Crippen LogP contribution in [0.4, 0.5) is 0 Å². The second kappa shape index (κ2) is 20.0. The summed E-state index contributed by atoms with van der Waals surface area (Å²) < 4.78 is 11.4. The minimum Gasteiger partial charge on any atom is -0.394 e. The molecule has 10 heteroatoms. The molecule has 0 aromatic carbocycles. The van der Waals surface area contributed by atoms with Gasteiger partial charge in [-0.05, 0) is 78.6 Å². The molecule has 6 saturated carbocycles. The molecule has 8 atom stereocenters. The molecule has 7 N–H and O–H groups in total. The van der Waals surface area contributed by atoms with Gasteiger partial charge >= 0.3 is 0 Å². The molecule has 2 heterocycles. The Kier molecular flexibility index (Phi) is 15.3. The van der Waals surface area contributed by atoms with Crippen LogP contribution in [0.5, 0.6) is 0 Å². The van der Waals surface area contributed by atoms with Crippen molar-refractivity contribution in [3.8, 4) is 0 Å². The smallest absolute Gasteiger partial charge is 0.186 e. The van der Waals surface area contributed by atoms with Crippen molar-refractivity contribution in [2.45, 2.75) is 210 Å². The van der Waals surface area contributed by atoms with Crippen molar-refractivity contribution in [3.63, 3.8) is 0 Å². The first-order valence-corrected chi connectivity index (χ1v) is 23.7. The number of aromatic amines is 1. The molecule has 1 saturated heterocycles. The van der Waals surface area contributed by atoms with Gasteiger partial charge in [0, 0.05) is 5.69 Å². The summed E-state index contributed by atoms with van der Waals surface area (Å²) in [5.41, 5.74) is 2.43. The molecule has 10 nitrogen and oxygen atoms in total. The Bertz CT molecular complexity index is 1270. The van der Waals surface area contributed by atoms with E-state index in [4.69, 9.17) is 9.47 Å².